The number of benzene rings is 1. The Morgan fingerprint density at radius 3 is 2.44 bits per heavy atom. The zero-order valence-corrected chi connectivity index (χ0v) is 11.6. The van der Waals surface area contributed by atoms with Crippen LogP contribution in [0.5, 0.6) is 0 Å². The summed E-state index contributed by atoms with van der Waals surface area (Å²) in [6.45, 7) is 4.55. The van der Waals surface area contributed by atoms with E-state index in [0.29, 0.717) is 12.4 Å². The van der Waals surface area contributed by atoms with Gasteiger partial charge in [0.1, 0.15) is 5.82 Å². The largest absolute Gasteiger partial charge is 0.351 e. The summed E-state index contributed by atoms with van der Waals surface area (Å²) in [5.74, 6) is -0.402. The van der Waals surface area contributed by atoms with Crippen LogP contribution in [0.1, 0.15) is 37.0 Å². The summed E-state index contributed by atoms with van der Waals surface area (Å²) in [6, 6.07) is 5.97. The molecule has 100 valence electrons. The molecule has 0 fully saturated rings. The van der Waals surface area contributed by atoms with Gasteiger partial charge >= 0.3 is 0 Å². The van der Waals surface area contributed by atoms with E-state index in [2.05, 4.69) is 5.32 Å². The topological polar surface area (TPSA) is 29.1 Å². The van der Waals surface area contributed by atoms with Gasteiger partial charge in [0.05, 0.1) is 5.56 Å². The molecule has 18 heavy (non-hydrogen) atoms. The molecule has 0 radical (unpaired) electrons. The molecule has 1 amide bonds. The van der Waals surface area contributed by atoms with E-state index in [-0.39, 0.29) is 16.9 Å². The number of alkyl halides is 1. The first kappa shape index (κ1) is 15.0. The van der Waals surface area contributed by atoms with Crippen LogP contribution in [-0.2, 0) is 0 Å². The fraction of sp³-hybridized carbons (Fsp3) is 0.500. The van der Waals surface area contributed by atoms with Crippen LogP contribution in [-0.4, -0.2) is 18.3 Å². The summed E-state index contributed by atoms with van der Waals surface area (Å²) in [7, 11) is 0. The summed E-state index contributed by atoms with van der Waals surface area (Å²) < 4.78 is 13.4. The van der Waals surface area contributed by atoms with Crippen molar-refractivity contribution < 1.29 is 9.18 Å². The Labute approximate surface area is 113 Å². The van der Waals surface area contributed by atoms with Gasteiger partial charge in [-0.3, -0.25) is 4.79 Å². The highest BCUT2D eigenvalue weighted by Gasteiger charge is 2.26. The minimum atomic E-state index is -0.500. The molecule has 0 atom stereocenters. The van der Waals surface area contributed by atoms with Crippen molar-refractivity contribution in [2.75, 3.05) is 12.4 Å². The van der Waals surface area contributed by atoms with Gasteiger partial charge in [-0.05, 0) is 25.0 Å². The molecule has 0 saturated heterocycles. The molecule has 1 N–H and O–H groups in total. The Bertz CT molecular complexity index is 396. The number of hydrogen-bond acceptors (Lipinski definition) is 1. The highest BCUT2D eigenvalue weighted by atomic mass is 35.5. The minimum absolute atomic E-state index is 0.0770. The van der Waals surface area contributed by atoms with Crippen molar-refractivity contribution in [3.05, 3.63) is 35.6 Å². The van der Waals surface area contributed by atoms with Gasteiger partial charge in [0.15, 0.2) is 0 Å². The molecule has 2 nitrogen and oxygen atoms in total. The van der Waals surface area contributed by atoms with Crippen molar-refractivity contribution in [1.82, 2.24) is 5.32 Å². The van der Waals surface area contributed by atoms with E-state index < -0.39 is 5.82 Å². The summed E-state index contributed by atoms with van der Waals surface area (Å²) in [6.07, 6.45) is 1.76. The van der Waals surface area contributed by atoms with E-state index in [1.54, 1.807) is 12.1 Å². The molecule has 0 unspecified atom stereocenters. The molecule has 1 aromatic rings. The van der Waals surface area contributed by atoms with Gasteiger partial charge in [-0.1, -0.05) is 26.0 Å². The lowest BCUT2D eigenvalue weighted by Crippen LogP contribution is -2.38. The maximum atomic E-state index is 13.4. The third kappa shape index (κ3) is 3.45. The summed E-state index contributed by atoms with van der Waals surface area (Å²) >= 11 is 5.96. The number of carbonyl (C=O) groups excluding carboxylic acids is 1. The predicted molar refractivity (Wildman–Crippen MR) is 72.5 cm³/mol. The van der Waals surface area contributed by atoms with E-state index in [1.807, 2.05) is 13.8 Å². The monoisotopic (exact) mass is 271 g/mol. The zero-order chi connectivity index (χ0) is 13.6. The number of nitrogens with one attached hydrogen (secondary N) is 1. The van der Waals surface area contributed by atoms with Gasteiger partial charge in [-0.15, -0.1) is 11.6 Å². The minimum Gasteiger partial charge on any atom is -0.351 e. The van der Waals surface area contributed by atoms with Crippen molar-refractivity contribution in [2.24, 2.45) is 5.41 Å². The summed E-state index contributed by atoms with van der Waals surface area (Å²) in [4.78, 5) is 11.9. The Morgan fingerprint density at radius 2 is 1.94 bits per heavy atom. The van der Waals surface area contributed by atoms with Crippen molar-refractivity contribution in [1.29, 1.82) is 0 Å². The van der Waals surface area contributed by atoms with Crippen LogP contribution >= 0.6 is 11.6 Å². The fourth-order valence-corrected chi connectivity index (χ4v) is 2.22. The maximum absolute atomic E-state index is 13.4. The second-order valence-corrected chi connectivity index (χ2v) is 4.77. The van der Waals surface area contributed by atoms with E-state index >= 15 is 0 Å². The predicted octanol–water partition coefficient (Wildman–Crippen LogP) is 3.60. The van der Waals surface area contributed by atoms with Gasteiger partial charge in [-0.2, -0.15) is 0 Å². The van der Waals surface area contributed by atoms with Crippen LogP contribution in [0.2, 0.25) is 0 Å². The van der Waals surface area contributed by atoms with E-state index in [9.17, 15) is 9.18 Å². The lowest BCUT2D eigenvalue weighted by molar-refractivity contribution is 0.0927. The summed E-state index contributed by atoms with van der Waals surface area (Å²) in [5, 5.41) is 2.77. The molecule has 1 rings (SSSR count). The second-order valence-electron chi connectivity index (χ2n) is 4.50. The molecule has 1 aromatic carbocycles. The Morgan fingerprint density at radius 1 is 1.33 bits per heavy atom. The average molecular weight is 272 g/mol. The SMILES string of the molecule is CCC(CC)(CCl)CNC(=O)c1ccccc1F. The lowest BCUT2D eigenvalue weighted by Gasteiger charge is -2.29. The lowest BCUT2D eigenvalue weighted by atomic mass is 9.84. The van der Waals surface area contributed by atoms with Crippen molar-refractivity contribution in [2.45, 2.75) is 26.7 Å². The first-order valence-corrected chi connectivity index (χ1v) is 6.70. The number of halogens is 2. The van der Waals surface area contributed by atoms with Crippen molar-refractivity contribution in [3.63, 3.8) is 0 Å². The zero-order valence-electron chi connectivity index (χ0n) is 10.8. The average Bonchev–Trinajstić information content (AvgIpc) is 2.41. The van der Waals surface area contributed by atoms with Crippen LogP contribution in [0.25, 0.3) is 0 Å². The van der Waals surface area contributed by atoms with Crippen molar-refractivity contribution >= 4 is 17.5 Å². The highest BCUT2D eigenvalue weighted by Crippen LogP contribution is 2.27. The van der Waals surface area contributed by atoms with E-state index in [0.717, 1.165) is 12.8 Å². The maximum Gasteiger partial charge on any atom is 0.254 e. The molecule has 0 bridgehead atoms. The number of hydrogen-bond donors (Lipinski definition) is 1. The summed E-state index contributed by atoms with van der Waals surface area (Å²) in [5.41, 5.74) is -0.0316. The molecule has 0 heterocycles. The molecule has 0 saturated carbocycles. The van der Waals surface area contributed by atoms with Crippen LogP contribution in [0, 0.1) is 11.2 Å². The number of carbonyl (C=O) groups is 1. The Balaban J connectivity index is 2.69. The molecular formula is C14H19ClFNO. The molecule has 0 aliphatic carbocycles. The first-order chi connectivity index (χ1) is 8.58. The molecule has 0 aliphatic heterocycles. The first-order valence-electron chi connectivity index (χ1n) is 6.17. The second kappa shape index (κ2) is 6.74. The van der Waals surface area contributed by atoms with Crippen molar-refractivity contribution in [3.8, 4) is 0 Å². The molecule has 4 heteroatoms. The number of amides is 1. The molecule has 0 aliphatic rings. The highest BCUT2D eigenvalue weighted by molar-refractivity contribution is 6.18. The van der Waals surface area contributed by atoms with Gasteiger partial charge < -0.3 is 5.32 Å². The molecule has 0 spiro atoms. The normalized spacial score (nSPS) is 11.3. The van der Waals surface area contributed by atoms with Gasteiger partial charge in [0.2, 0.25) is 0 Å². The third-order valence-electron chi connectivity index (χ3n) is 3.53. The fourth-order valence-electron chi connectivity index (χ4n) is 1.74. The van der Waals surface area contributed by atoms with Gasteiger partial charge in [-0.25, -0.2) is 4.39 Å². The smallest absolute Gasteiger partial charge is 0.254 e. The van der Waals surface area contributed by atoms with E-state index in [1.165, 1.54) is 12.1 Å². The Kier molecular flexibility index (Phi) is 5.60. The van der Waals surface area contributed by atoms with E-state index in [4.69, 9.17) is 11.6 Å². The Hall–Kier alpha value is -1.09. The quantitative estimate of drug-likeness (QED) is 0.787. The van der Waals surface area contributed by atoms with Crippen LogP contribution in [0.4, 0.5) is 4.39 Å². The van der Waals surface area contributed by atoms with Crippen LogP contribution in [0.15, 0.2) is 24.3 Å². The standard InChI is InChI=1S/C14H19ClFNO/c1-3-14(4-2,9-15)10-17-13(18)11-7-5-6-8-12(11)16/h5-8H,3-4,9-10H2,1-2H3,(H,17,18). The molecule has 0 aromatic heterocycles. The van der Waals surface area contributed by atoms with Crippen LogP contribution in [0.3, 0.4) is 0 Å². The third-order valence-corrected chi connectivity index (χ3v) is 4.09. The van der Waals surface area contributed by atoms with Gasteiger partial charge in [0, 0.05) is 17.8 Å². The number of rotatable bonds is 6. The van der Waals surface area contributed by atoms with Crippen LogP contribution < -0.4 is 5.32 Å². The van der Waals surface area contributed by atoms with Gasteiger partial charge in [0.25, 0.3) is 5.91 Å². The molecular weight excluding hydrogens is 253 g/mol.